The molecule has 0 aliphatic heterocycles. The molecule has 0 saturated heterocycles. The van der Waals surface area contributed by atoms with E-state index >= 15 is 0 Å². The summed E-state index contributed by atoms with van der Waals surface area (Å²) in [6, 6.07) is 15.0. The van der Waals surface area contributed by atoms with E-state index in [1.54, 1.807) is 23.9 Å². The quantitative estimate of drug-likeness (QED) is 0.375. The minimum atomic E-state index is 0.0121. The fourth-order valence-electron chi connectivity index (χ4n) is 1.96. The summed E-state index contributed by atoms with van der Waals surface area (Å²) in [4.78, 5) is 12.1. The van der Waals surface area contributed by atoms with Crippen LogP contribution in [0.15, 0.2) is 57.3 Å². The van der Waals surface area contributed by atoms with Crippen molar-refractivity contribution in [3.8, 4) is 0 Å². The van der Waals surface area contributed by atoms with Gasteiger partial charge in [0.1, 0.15) is 0 Å². The van der Waals surface area contributed by atoms with Crippen LogP contribution < -0.4 is 5.32 Å². The number of hydrogen-bond donors (Lipinski definition) is 1. The number of carbonyl (C=O) groups excluding carboxylic acids is 1. The van der Waals surface area contributed by atoms with Gasteiger partial charge in [-0.25, -0.2) is 0 Å². The van der Waals surface area contributed by atoms with Crippen molar-refractivity contribution in [3.05, 3.63) is 69.2 Å². The number of aromatic nitrogens is 2. The van der Waals surface area contributed by atoms with Gasteiger partial charge in [-0.1, -0.05) is 74.9 Å². The molecule has 3 rings (SSSR count). The number of ketones is 1. The van der Waals surface area contributed by atoms with Gasteiger partial charge in [0.25, 0.3) is 0 Å². The van der Waals surface area contributed by atoms with E-state index in [2.05, 4.69) is 31.4 Å². The molecule has 1 aromatic heterocycles. The predicted molar refractivity (Wildman–Crippen MR) is 108 cm³/mol. The van der Waals surface area contributed by atoms with Crippen molar-refractivity contribution >= 4 is 61.5 Å². The molecular formula is C17H13BrClN3OS2. The third kappa shape index (κ3) is 5.54. The Morgan fingerprint density at radius 1 is 1.12 bits per heavy atom. The lowest BCUT2D eigenvalue weighted by atomic mass is 10.1. The maximum absolute atomic E-state index is 12.1. The lowest BCUT2D eigenvalue weighted by Gasteiger charge is -2.02. The molecular weight excluding hydrogens is 442 g/mol. The van der Waals surface area contributed by atoms with Gasteiger partial charge in [0.05, 0.1) is 6.54 Å². The highest BCUT2D eigenvalue weighted by atomic mass is 79.9. The van der Waals surface area contributed by atoms with Crippen LogP contribution in [0.4, 0.5) is 5.13 Å². The first kappa shape index (κ1) is 18.4. The minimum absolute atomic E-state index is 0.0121. The molecule has 2 aromatic carbocycles. The molecule has 0 amide bonds. The van der Waals surface area contributed by atoms with E-state index in [1.807, 2.05) is 36.4 Å². The number of hydrogen-bond acceptors (Lipinski definition) is 6. The Morgan fingerprint density at radius 2 is 1.84 bits per heavy atom. The summed E-state index contributed by atoms with van der Waals surface area (Å²) >= 11 is 12.3. The van der Waals surface area contributed by atoms with Gasteiger partial charge < -0.3 is 5.32 Å². The first-order valence-electron chi connectivity index (χ1n) is 7.33. The molecule has 0 unspecified atom stereocenters. The molecule has 0 radical (unpaired) electrons. The SMILES string of the molecule is O=C(CNc1nnc(SCc2ccc(Cl)cc2)s1)c1ccc(Br)cc1. The fraction of sp³-hybridized carbons (Fsp3) is 0.118. The Morgan fingerprint density at radius 3 is 2.56 bits per heavy atom. The number of thioether (sulfide) groups is 1. The summed E-state index contributed by atoms with van der Waals surface area (Å²) in [6.45, 7) is 0.193. The van der Waals surface area contributed by atoms with E-state index in [4.69, 9.17) is 11.6 Å². The molecule has 0 spiro atoms. The number of nitrogens with zero attached hydrogens (tertiary/aromatic N) is 2. The first-order chi connectivity index (χ1) is 12.1. The summed E-state index contributed by atoms with van der Waals surface area (Å²) < 4.78 is 1.80. The molecule has 0 saturated carbocycles. The van der Waals surface area contributed by atoms with Crippen molar-refractivity contribution in [1.29, 1.82) is 0 Å². The van der Waals surface area contributed by atoms with Crippen molar-refractivity contribution in [3.63, 3.8) is 0 Å². The summed E-state index contributed by atoms with van der Waals surface area (Å²) in [5.41, 5.74) is 1.84. The maximum Gasteiger partial charge on any atom is 0.206 e. The Kier molecular flexibility index (Phi) is 6.47. The molecule has 4 nitrogen and oxygen atoms in total. The van der Waals surface area contributed by atoms with E-state index in [-0.39, 0.29) is 12.3 Å². The zero-order valence-corrected chi connectivity index (χ0v) is 16.9. The van der Waals surface area contributed by atoms with Gasteiger partial charge in [-0.05, 0) is 29.8 Å². The van der Waals surface area contributed by atoms with Crippen LogP contribution in [0.25, 0.3) is 0 Å². The second-order valence-electron chi connectivity index (χ2n) is 5.07. The molecule has 3 aromatic rings. The van der Waals surface area contributed by atoms with Crippen LogP contribution in [-0.4, -0.2) is 22.5 Å². The number of nitrogens with one attached hydrogen (secondary N) is 1. The number of Topliss-reactive ketones (excluding diaryl/α,β-unsaturated/α-hetero) is 1. The highest BCUT2D eigenvalue weighted by Crippen LogP contribution is 2.28. The summed E-state index contributed by atoms with van der Waals surface area (Å²) in [6.07, 6.45) is 0. The molecule has 8 heteroatoms. The molecule has 0 bridgehead atoms. The minimum Gasteiger partial charge on any atom is -0.353 e. The van der Waals surface area contributed by atoms with Crippen molar-refractivity contribution in [2.24, 2.45) is 0 Å². The lowest BCUT2D eigenvalue weighted by Crippen LogP contribution is -2.13. The third-order valence-corrected chi connectivity index (χ3v) is 6.11. The topological polar surface area (TPSA) is 54.9 Å². The van der Waals surface area contributed by atoms with Crippen LogP contribution in [0.2, 0.25) is 5.02 Å². The largest absolute Gasteiger partial charge is 0.353 e. The van der Waals surface area contributed by atoms with E-state index in [1.165, 1.54) is 16.9 Å². The van der Waals surface area contributed by atoms with Gasteiger partial charge in [0.15, 0.2) is 10.1 Å². The number of rotatable bonds is 7. The number of benzene rings is 2. The van der Waals surface area contributed by atoms with E-state index in [0.717, 1.165) is 19.6 Å². The van der Waals surface area contributed by atoms with Gasteiger partial charge in [-0.3, -0.25) is 4.79 Å². The monoisotopic (exact) mass is 453 g/mol. The highest BCUT2D eigenvalue weighted by Gasteiger charge is 2.09. The van der Waals surface area contributed by atoms with Crippen molar-refractivity contribution in [2.75, 3.05) is 11.9 Å². The average Bonchev–Trinajstić information content (AvgIpc) is 3.08. The van der Waals surface area contributed by atoms with Crippen LogP contribution in [-0.2, 0) is 5.75 Å². The zero-order chi connectivity index (χ0) is 17.6. The van der Waals surface area contributed by atoms with Crippen molar-refractivity contribution < 1.29 is 4.79 Å². The Bertz CT molecular complexity index is 853. The first-order valence-corrected chi connectivity index (χ1v) is 10.3. The van der Waals surface area contributed by atoms with E-state index in [0.29, 0.717) is 10.7 Å². The maximum atomic E-state index is 12.1. The average molecular weight is 455 g/mol. The van der Waals surface area contributed by atoms with Gasteiger partial charge in [-0.2, -0.15) is 0 Å². The van der Waals surface area contributed by atoms with Crippen LogP contribution in [0.1, 0.15) is 15.9 Å². The van der Waals surface area contributed by atoms with E-state index < -0.39 is 0 Å². The zero-order valence-electron chi connectivity index (χ0n) is 12.9. The molecule has 0 fully saturated rings. The Balaban J connectivity index is 1.50. The molecule has 1 heterocycles. The molecule has 128 valence electrons. The van der Waals surface area contributed by atoms with Gasteiger partial charge in [0, 0.05) is 20.8 Å². The lowest BCUT2D eigenvalue weighted by molar-refractivity contribution is 0.101. The van der Waals surface area contributed by atoms with Crippen LogP contribution in [0.5, 0.6) is 0 Å². The van der Waals surface area contributed by atoms with Crippen molar-refractivity contribution in [1.82, 2.24) is 10.2 Å². The molecule has 0 aliphatic carbocycles. The number of halogens is 2. The van der Waals surface area contributed by atoms with Crippen LogP contribution in [0.3, 0.4) is 0 Å². The van der Waals surface area contributed by atoms with Crippen LogP contribution in [0, 0.1) is 0 Å². The molecule has 25 heavy (non-hydrogen) atoms. The number of carbonyl (C=O) groups is 1. The Hall–Kier alpha value is -1.41. The fourth-order valence-corrected chi connectivity index (χ4v) is 4.05. The van der Waals surface area contributed by atoms with Gasteiger partial charge in [-0.15, -0.1) is 10.2 Å². The molecule has 0 atom stereocenters. The van der Waals surface area contributed by atoms with Crippen molar-refractivity contribution in [2.45, 2.75) is 10.1 Å². The summed E-state index contributed by atoms with van der Waals surface area (Å²) in [5.74, 6) is 0.807. The third-order valence-electron chi connectivity index (χ3n) is 3.25. The van der Waals surface area contributed by atoms with Gasteiger partial charge >= 0.3 is 0 Å². The summed E-state index contributed by atoms with van der Waals surface area (Å²) in [7, 11) is 0. The molecule has 1 N–H and O–H groups in total. The molecule has 0 aliphatic rings. The second kappa shape index (κ2) is 8.80. The highest BCUT2D eigenvalue weighted by molar-refractivity contribution is 9.10. The Labute approximate surface area is 167 Å². The predicted octanol–water partition coefficient (Wildman–Crippen LogP) is 5.54. The second-order valence-corrected chi connectivity index (χ2v) is 8.62. The standard InChI is InChI=1S/C17H13BrClN3OS2/c18-13-5-3-12(4-6-13)15(23)9-20-16-21-22-17(25-16)24-10-11-1-7-14(19)8-2-11/h1-8H,9-10H2,(H,20,21). The van der Waals surface area contributed by atoms with Crippen LogP contribution >= 0.6 is 50.6 Å². The van der Waals surface area contributed by atoms with Gasteiger partial charge in [0.2, 0.25) is 5.13 Å². The normalized spacial score (nSPS) is 10.6. The smallest absolute Gasteiger partial charge is 0.206 e. The number of anilines is 1. The van der Waals surface area contributed by atoms with E-state index in [9.17, 15) is 4.79 Å². The summed E-state index contributed by atoms with van der Waals surface area (Å²) in [5, 5.41) is 12.6.